The van der Waals surface area contributed by atoms with Crippen LogP contribution in [0.1, 0.15) is 5.82 Å². The van der Waals surface area contributed by atoms with Crippen molar-refractivity contribution in [2.24, 2.45) is 0 Å². The van der Waals surface area contributed by atoms with E-state index in [9.17, 15) is 9.90 Å². The lowest BCUT2D eigenvalue weighted by atomic mass is 10.1. The lowest BCUT2D eigenvalue weighted by Crippen LogP contribution is -2.22. The molecule has 0 aliphatic carbocycles. The van der Waals surface area contributed by atoms with Crippen molar-refractivity contribution in [3.63, 3.8) is 0 Å². The molecule has 0 aliphatic heterocycles. The van der Waals surface area contributed by atoms with Crippen LogP contribution in [0.25, 0.3) is 27.9 Å². The fraction of sp³-hybridized carbons (Fsp3) is 0.176. The van der Waals surface area contributed by atoms with Crippen LogP contribution in [0, 0.1) is 6.92 Å². The molecule has 0 saturated carbocycles. The molecule has 4 rings (SSSR count). The molecule has 3 heterocycles. The predicted molar refractivity (Wildman–Crippen MR) is 94.8 cm³/mol. The third-order valence-corrected chi connectivity index (χ3v) is 4.31. The molecule has 126 valence electrons. The zero-order chi connectivity index (χ0) is 17.6. The van der Waals surface area contributed by atoms with Crippen molar-refractivity contribution in [3.05, 3.63) is 57.7 Å². The average Bonchev–Trinajstić information content (AvgIpc) is 2.96. The summed E-state index contributed by atoms with van der Waals surface area (Å²) in [7, 11) is 0. The number of rotatable bonds is 3. The minimum Gasteiger partial charge on any atom is -0.395 e. The first kappa shape index (κ1) is 15.7. The molecule has 0 aliphatic rings. The molecule has 1 aromatic carbocycles. The summed E-state index contributed by atoms with van der Waals surface area (Å²) in [5.74, 6) is 0.950. The number of aromatic nitrogens is 5. The van der Waals surface area contributed by atoms with Gasteiger partial charge in [0.05, 0.1) is 23.2 Å². The second-order valence-corrected chi connectivity index (χ2v) is 6.02. The summed E-state index contributed by atoms with van der Waals surface area (Å²) in [6.45, 7) is 1.83. The summed E-state index contributed by atoms with van der Waals surface area (Å²) < 4.78 is 2.99. The van der Waals surface area contributed by atoms with Gasteiger partial charge in [-0.2, -0.15) is 9.50 Å². The van der Waals surface area contributed by atoms with E-state index in [0.717, 1.165) is 0 Å². The smallest absolute Gasteiger partial charge is 0.262 e. The van der Waals surface area contributed by atoms with Crippen LogP contribution in [-0.4, -0.2) is 35.9 Å². The highest BCUT2D eigenvalue weighted by molar-refractivity contribution is 6.33. The van der Waals surface area contributed by atoms with E-state index in [1.54, 1.807) is 29.8 Å². The van der Waals surface area contributed by atoms with Gasteiger partial charge >= 0.3 is 0 Å². The van der Waals surface area contributed by atoms with Crippen molar-refractivity contribution >= 4 is 28.3 Å². The number of benzene rings is 1. The molecule has 4 aromatic rings. The van der Waals surface area contributed by atoms with Crippen molar-refractivity contribution in [2.45, 2.75) is 13.5 Å². The van der Waals surface area contributed by atoms with E-state index in [1.807, 2.05) is 18.2 Å². The lowest BCUT2D eigenvalue weighted by Gasteiger charge is -2.11. The molecule has 0 amide bonds. The predicted octanol–water partition coefficient (Wildman–Crippen LogP) is 2.06. The van der Waals surface area contributed by atoms with Crippen molar-refractivity contribution in [3.8, 4) is 11.3 Å². The molecule has 0 unspecified atom stereocenters. The average molecular weight is 356 g/mol. The van der Waals surface area contributed by atoms with Gasteiger partial charge in [0.2, 0.25) is 0 Å². The summed E-state index contributed by atoms with van der Waals surface area (Å²) in [4.78, 5) is 21.7. The van der Waals surface area contributed by atoms with E-state index in [1.165, 1.54) is 4.57 Å². The standard InChI is InChI=1S/C17H14ClN5O2/c1-10-19-17-20-13-6-7-22(8-9-24)16(25)14(13)15(23(17)21-10)11-4-2-3-5-12(11)18/h2-7,24H,8-9H2,1H3. The van der Waals surface area contributed by atoms with Gasteiger partial charge in [0.15, 0.2) is 0 Å². The first-order valence-electron chi connectivity index (χ1n) is 7.72. The maximum atomic E-state index is 13.0. The molecule has 0 atom stereocenters. The number of aryl methyl sites for hydroxylation is 1. The summed E-state index contributed by atoms with van der Waals surface area (Å²) in [6.07, 6.45) is 1.62. The molecular weight excluding hydrogens is 342 g/mol. The highest BCUT2D eigenvalue weighted by Gasteiger charge is 2.19. The second kappa shape index (κ2) is 5.94. The van der Waals surface area contributed by atoms with Crippen molar-refractivity contribution in [1.29, 1.82) is 0 Å². The first-order chi connectivity index (χ1) is 12.1. The Morgan fingerprint density at radius 1 is 1.20 bits per heavy atom. The van der Waals surface area contributed by atoms with Crippen LogP contribution in [0.5, 0.6) is 0 Å². The summed E-state index contributed by atoms with van der Waals surface area (Å²) in [5, 5.41) is 14.5. The van der Waals surface area contributed by atoms with E-state index in [-0.39, 0.29) is 18.7 Å². The van der Waals surface area contributed by atoms with Crippen LogP contribution in [0.4, 0.5) is 0 Å². The highest BCUT2D eigenvalue weighted by Crippen LogP contribution is 2.31. The zero-order valence-corrected chi connectivity index (χ0v) is 14.1. The Morgan fingerprint density at radius 3 is 2.76 bits per heavy atom. The van der Waals surface area contributed by atoms with Crippen molar-refractivity contribution in [1.82, 2.24) is 24.1 Å². The number of pyridine rings is 1. The van der Waals surface area contributed by atoms with Gasteiger partial charge in [-0.15, -0.1) is 5.10 Å². The number of halogens is 1. The Kier molecular flexibility index (Phi) is 3.74. The monoisotopic (exact) mass is 355 g/mol. The molecule has 25 heavy (non-hydrogen) atoms. The lowest BCUT2D eigenvalue weighted by molar-refractivity contribution is 0.274. The van der Waals surface area contributed by atoms with Crippen molar-refractivity contribution < 1.29 is 5.11 Å². The molecule has 0 saturated heterocycles. The quantitative estimate of drug-likeness (QED) is 0.608. The molecule has 7 nitrogen and oxygen atoms in total. The van der Waals surface area contributed by atoms with Gasteiger partial charge in [-0.3, -0.25) is 4.79 Å². The third kappa shape index (κ3) is 2.48. The molecule has 3 aromatic heterocycles. The van der Waals surface area contributed by atoms with Crippen LogP contribution in [0.2, 0.25) is 5.02 Å². The molecular formula is C17H14ClN5O2. The Morgan fingerprint density at radius 2 is 2.00 bits per heavy atom. The fourth-order valence-electron chi connectivity index (χ4n) is 2.91. The normalized spacial score (nSPS) is 11.5. The van der Waals surface area contributed by atoms with Gasteiger partial charge in [0, 0.05) is 23.3 Å². The van der Waals surface area contributed by atoms with Crippen LogP contribution in [-0.2, 0) is 6.54 Å². The number of hydrogen-bond acceptors (Lipinski definition) is 5. The Hall–Kier alpha value is -2.77. The maximum absolute atomic E-state index is 13.0. The summed E-state index contributed by atoms with van der Waals surface area (Å²) >= 11 is 6.39. The van der Waals surface area contributed by atoms with E-state index in [4.69, 9.17) is 11.6 Å². The number of aliphatic hydroxyl groups excluding tert-OH is 1. The molecule has 0 spiro atoms. The van der Waals surface area contributed by atoms with Crippen LogP contribution >= 0.6 is 11.6 Å². The molecule has 8 heteroatoms. The number of nitrogens with zero attached hydrogens (tertiary/aromatic N) is 5. The number of fused-ring (bicyclic) bond motifs is 2. The first-order valence-corrected chi connectivity index (χ1v) is 8.10. The van der Waals surface area contributed by atoms with Gasteiger partial charge in [-0.1, -0.05) is 29.8 Å². The minimum atomic E-state index is -0.260. The fourth-order valence-corrected chi connectivity index (χ4v) is 3.13. The van der Waals surface area contributed by atoms with Gasteiger partial charge in [-0.05, 0) is 19.1 Å². The molecule has 1 N–H and O–H groups in total. The Balaban J connectivity index is 2.23. The van der Waals surface area contributed by atoms with Gasteiger partial charge in [-0.25, -0.2) is 4.98 Å². The van der Waals surface area contributed by atoms with Crippen LogP contribution in [0.3, 0.4) is 0 Å². The highest BCUT2D eigenvalue weighted by atomic mass is 35.5. The second-order valence-electron chi connectivity index (χ2n) is 5.61. The Bertz CT molecular complexity index is 1170. The van der Waals surface area contributed by atoms with Gasteiger partial charge in [0.25, 0.3) is 11.3 Å². The largest absolute Gasteiger partial charge is 0.395 e. The van der Waals surface area contributed by atoms with Gasteiger partial charge < -0.3 is 9.67 Å². The van der Waals surface area contributed by atoms with Crippen LogP contribution < -0.4 is 5.56 Å². The Labute approximate surface area is 147 Å². The zero-order valence-electron chi connectivity index (χ0n) is 13.3. The summed E-state index contributed by atoms with van der Waals surface area (Å²) in [6, 6.07) is 8.99. The number of hydrogen-bond donors (Lipinski definition) is 1. The number of aliphatic hydroxyl groups is 1. The molecule has 0 bridgehead atoms. The summed E-state index contributed by atoms with van der Waals surface area (Å²) in [5.41, 5.74) is 1.46. The molecule has 0 radical (unpaired) electrons. The maximum Gasteiger partial charge on any atom is 0.262 e. The molecule has 0 fully saturated rings. The van der Waals surface area contributed by atoms with E-state index >= 15 is 0 Å². The van der Waals surface area contributed by atoms with Gasteiger partial charge in [0.1, 0.15) is 5.82 Å². The van der Waals surface area contributed by atoms with E-state index in [0.29, 0.717) is 38.8 Å². The minimum absolute atomic E-state index is 0.134. The van der Waals surface area contributed by atoms with Crippen LogP contribution in [0.15, 0.2) is 41.3 Å². The topological polar surface area (TPSA) is 85.3 Å². The SMILES string of the molecule is Cc1nc2nc3ccn(CCO)c(=O)c3c(-c3ccccc3Cl)n2n1. The van der Waals surface area contributed by atoms with Crippen molar-refractivity contribution in [2.75, 3.05) is 6.61 Å². The van der Waals surface area contributed by atoms with E-state index < -0.39 is 0 Å². The van der Waals surface area contributed by atoms with E-state index in [2.05, 4.69) is 15.1 Å². The third-order valence-electron chi connectivity index (χ3n) is 3.98.